The number of ether oxygens (including phenoxy) is 1. The third-order valence-electron chi connectivity index (χ3n) is 3.25. The Bertz CT molecular complexity index is 659. The minimum atomic E-state index is -0.290. The van der Waals surface area contributed by atoms with E-state index in [0.29, 0.717) is 17.8 Å². The highest BCUT2D eigenvalue weighted by molar-refractivity contribution is 5.80. The number of hydrogen-bond acceptors (Lipinski definition) is 3. The molecular formula is C17H19FN2O2. The fourth-order valence-corrected chi connectivity index (χ4v) is 1.93. The molecule has 0 saturated carbocycles. The van der Waals surface area contributed by atoms with Crippen molar-refractivity contribution in [2.45, 2.75) is 13.5 Å². The van der Waals surface area contributed by atoms with Crippen molar-refractivity contribution >= 4 is 11.6 Å². The fourth-order valence-electron chi connectivity index (χ4n) is 1.93. The van der Waals surface area contributed by atoms with Crippen molar-refractivity contribution in [3.8, 4) is 5.75 Å². The van der Waals surface area contributed by atoms with Crippen LogP contribution >= 0.6 is 0 Å². The number of rotatable bonds is 6. The lowest BCUT2D eigenvalue weighted by atomic mass is 10.2. The van der Waals surface area contributed by atoms with Gasteiger partial charge >= 0.3 is 0 Å². The van der Waals surface area contributed by atoms with Crippen LogP contribution in [0, 0.1) is 12.7 Å². The Kier molecular flexibility index (Phi) is 5.36. The van der Waals surface area contributed by atoms with Crippen LogP contribution in [0.25, 0.3) is 0 Å². The molecule has 2 N–H and O–H groups in total. The van der Waals surface area contributed by atoms with Gasteiger partial charge in [0.25, 0.3) is 0 Å². The van der Waals surface area contributed by atoms with E-state index in [9.17, 15) is 9.18 Å². The molecule has 0 unspecified atom stereocenters. The van der Waals surface area contributed by atoms with Gasteiger partial charge in [-0.05, 0) is 42.3 Å². The molecule has 0 aromatic heterocycles. The van der Waals surface area contributed by atoms with Crippen LogP contribution in [0.5, 0.6) is 5.75 Å². The van der Waals surface area contributed by atoms with Crippen molar-refractivity contribution in [2.24, 2.45) is 0 Å². The zero-order valence-electron chi connectivity index (χ0n) is 12.7. The lowest BCUT2D eigenvalue weighted by molar-refractivity contribution is -0.119. The smallest absolute Gasteiger partial charge is 0.239 e. The van der Waals surface area contributed by atoms with Gasteiger partial charge < -0.3 is 15.4 Å². The number of benzene rings is 2. The van der Waals surface area contributed by atoms with Crippen molar-refractivity contribution in [1.29, 1.82) is 0 Å². The quantitative estimate of drug-likeness (QED) is 0.862. The van der Waals surface area contributed by atoms with Crippen LogP contribution in [0.1, 0.15) is 11.1 Å². The Hall–Kier alpha value is -2.56. The number of carbonyl (C=O) groups excluding carboxylic acids is 1. The molecule has 2 aromatic rings. The van der Waals surface area contributed by atoms with E-state index in [1.807, 2.05) is 24.3 Å². The molecule has 2 rings (SSSR count). The number of nitrogens with one attached hydrogen (secondary N) is 2. The number of anilines is 1. The maximum Gasteiger partial charge on any atom is 0.239 e. The molecule has 0 atom stereocenters. The van der Waals surface area contributed by atoms with Gasteiger partial charge in [0.2, 0.25) is 5.91 Å². The van der Waals surface area contributed by atoms with Gasteiger partial charge in [0.1, 0.15) is 11.6 Å². The van der Waals surface area contributed by atoms with Gasteiger partial charge in [0.15, 0.2) is 0 Å². The normalized spacial score (nSPS) is 10.1. The van der Waals surface area contributed by atoms with Gasteiger partial charge in [-0.3, -0.25) is 4.79 Å². The summed E-state index contributed by atoms with van der Waals surface area (Å²) in [7, 11) is 1.60. The molecular weight excluding hydrogens is 283 g/mol. The second kappa shape index (κ2) is 7.45. The third kappa shape index (κ3) is 4.48. The van der Waals surface area contributed by atoms with Crippen LogP contribution in [0.2, 0.25) is 0 Å². The van der Waals surface area contributed by atoms with E-state index < -0.39 is 0 Å². The lowest BCUT2D eigenvalue weighted by Gasteiger charge is -2.09. The first kappa shape index (κ1) is 15.8. The molecule has 0 radical (unpaired) electrons. The molecule has 0 bridgehead atoms. The zero-order chi connectivity index (χ0) is 15.9. The summed E-state index contributed by atoms with van der Waals surface area (Å²) in [4.78, 5) is 11.8. The van der Waals surface area contributed by atoms with Crippen molar-refractivity contribution in [1.82, 2.24) is 5.32 Å². The van der Waals surface area contributed by atoms with Crippen LogP contribution in [0.4, 0.5) is 10.1 Å². The number of hydrogen-bond donors (Lipinski definition) is 2. The van der Waals surface area contributed by atoms with Gasteiger partial charge in [-0.15, -0.1) is 0 Å². The topological polar surface area (TPSA) is 50.4 Å². The van der Waals surface area contributed by atoms with Crippen molar-refractivity contribution < 1.29 is 13.9 Å². The lowest BCUT2D eigenvalue weighted by Crippen LogP contribution is -2.29. The maximum atomic E-state index is 13.4. The molecule has 116 valence electrons. The Morgan fingerprint density at radius 1 is 1.23 bits per heavy atom. The molecule has 5 heteroatoms. The summed E-state index contributed by atoms with van der Waals surface area (Å²) < 4.78 is 18.5. The van der Waals surface area contributed by atoms with Crippen LogP contribution in [-0.4, -0.2) is 19.6 Å². The zero-order valence-corrected chi connectivity index (χ0v) is 12.7. The minimum Gasteiger partial charge on any atom is -0.497 e. The molecule has 0 heterocycles. The molecule has 0 aliphatic rings. The average Bonchev–Trinajstić information content (AvgIpc) is 2.54. The maximum absolute atomic E-state index is 13.4. The van der Waals surface area contributed by atoms with E-state index in [1.54, 1.807) is 26.2 Å². The fraction of sp³-hybridized carbons (Fsp3) is 0.235. The number of amides is 1. The first-order valence-corrected chi connectivity index (χ1v) is 6.98. The van der Waals surface area contributed by atoms with Gasteiger partial charge in [0, 0.05) is 12.2 Å². The summed E-state index contributed by atoms with van der Waals surface area (Å²) in [6.45, 7) is 2.20. The number of aryl methyl sites for hydroxylation is 1. The van der Waals surface area contributed by atoms with E-state index in [2.05, 4.69) is 10.6 Å². The largest absolute Gasteiger partial charge is 0.497 e. The Morgan fingerprint density at radius 3 is 2.77 bits per heavy atom. The van der Waals surface area contributed by atoms with Gasteiger partial charge in [-0.1, -0.05) is 18.2 Å². The summed E-state index contributed by atoms with van der Waals surface area (Å²) in [6.07, 6.45) is 0. The monoisotopic (exact) mass is 302 g/mol. The molecule has 0 fully saturated rings. The second-order valence-electron chi connectivity index (χ2n) is 4.95. The number of methoxy groups -OCH3 is 1. The van der Waals surface area contributed by atoms with E-state index in [0.717, 1.165) is 11.3 Å². The molecule has 1 amide bonds. The highest BCUT2D eigenvalue weighted by atomic mass is 19.1. The predicted octanol–water partition coefficient (Wildman–Crippen LogP) is 2.87. The van der Waals surface area contributed by atoms with Crippen molar-refractivity contribution in [2.75, 3.05) is 19.0 Å². The first-order chi connectivity index (χ1) is 10.6. The highest BCUT2D eigenvalue weighted by Crippen LogP contribution is 2.13. The van der Waals surface area contributed by atoms with E-state index >= 15 is 0 Å². The Labute approximate surface area is 129 Å². The standard InChI is InChI=1S/C17H19FN2O2/c1-12-6-7-14(9-16(12)18)19-11-17(21)20-10-13-4-3-5-15(8-13)22-2/h3-9,19H,10-11H2,1-2H3,(H,20,21). The number of halogens is 1. The second-order valence-corrected chi connectivity index (χ2v) is 4.95. The molecule has 0 aliphatic heterocycles. The van der Waals surface area contributed by atoms with Gasteiger partial charge in [-0.25, -0.2) is 4.39 Å². The van der Waals surface area contributed by atoms with E-state index in [1.165, 1.54) is 6.07 Å². The Balaban J connectivity index is 1.81. The minimum absolute atomic E-state index is 0.0898. The van der Waals surface area contributed by atoms with Crippen LogP contribution in [-0.2, 0) is 11.3 Å². The van der Waals surface area contributed by atoms with E-state index in [-0.39, 0.29) is 18.3 Å². The third-order valence-corrected chi connectivity index (χ3v) is 3.25. The summed E-state index contributed by atoms with van der Waals surface area (Å²) in [6, 6.07) is 12.3. The first-order valence-electron chi connectivity index (χ1n) is 6.98. The van der Waals surface area contributed by atoms with E-state index in [4.69, 9.17) is 4.74 Å². The highest BCUT2D eigenvalue weighted by Gasteiger charge is 2.04. The molecule has 4 nitrogen and oxygen atoms in total. The molecule has 0 saturated heterocycles. The number of carbonyl (C=O) groups is 1. The van der Waals surface area contributed by atoms with Crippen LogP contribution < -0.4 is 15.4 Å². The van der Waals surface area contributed by atoms with Gasteiger partial charge in [-0.2, -0.15) is 0 Å². The van der Waals surface area contributed by atoms with Crippen LogP contribution in [0.3, 0.4) is 0 Å². The summed E-state index contributed by atoms with van der Waals surface area (Å²) in [5.74, 6) is 0.297. The van der Waals surface area contributed by atoms with Crippen molar-refractivity contribution in [3.05, 3.63) is 59.4 Å². The average molecular weight is 302 g/mol. The predicted molar refractivity (Wildman–Crippen MR) is 84.5 cm³/mol. The van der Waals surface area contributed by atoms with Crippen molar-refractivity contribution in [3.63, 3.8) is 0 Å². The SMILES string of the molecule is COc1cccc(CNC(=O)CNc2ccc(C)c(F)c2)c1. The van der Waals surface area contributed by atoms with Gasteiger partial charge in [0.05, 0.1) is 13.7 Å². The Morgan fingerprint density at radius 2 is 2.05 bits per heavy atom. The molecule has 22 heavy (non-hydrogen) atoms. The molecule has 2 aromatic carbocycles. The molecule has 0 aliphatic carbocycles. The molecule has 0 spiro atoms. The van der Waals surface area contributed by atoms with Crippen LogP contribution in [0.15, 0.2) is 42.5 Å². The summed E-state index contributed by atoms with van der Waals surface area (Å²) in [5.41, 5.74) is 2.11. The summed E-state index contributed by atoms with van der Waals surface area (Å²) >= 11 is 0. The summed E-state index contributed by atoms with van der Waals surface area (Å²) in [5, 5.41) is 5.69.